The molecule has 1 fully saturated rings. The lowest BCUT2D eigenvalue weighted by Gasteiger charge is -2.33. The van der Waals surface area contributed by atoms with E-state index in [0.29, 0.717) is 0 Å². The highest BCUT2D eigenvalue weighted by Crippen LogP contribution is 2.37. The lowest BCUT2D eigenvalue weighted by atomic mass is 9.99. The first-order valence-corrected chi connectivity index (χ1v) is 11.2. The number of benzene rings is 1. The summed E-state index contributed by atoms with van der Waals surface area (Å²) in [4.78, 5) is 8.86. The van der Waals surface area contributed by atoms with E-state index in [-0.39, 0.29) is 6.61 Å². The molecular weight excluding hydrogens is 404 g/mol. The number of pyridine rings is 1. The number of β-amino-alcohol motifs (C(OH)–C–C–N with tert-alkyl or cyclic N) is 1. The molecule has 0 spiro atoms. The van der Waals surface area contributed by atoms with Gasteiger partial charge < -0.3 is 14.7 Å². The van der Waals surface area contributed by atoms with Crippen molar-refractivity contribution in [1.29, 1.82) is 0 Å². The smallest absolute Gasteiger partial charge is 0.142 e. The maximum atomic E-state index is 9.24. The second-order valence-electron chi connectivity index (χ2n) is 8.45. The molecule has 2 N–H and O–H groups in total. The van der Waals surface area contributed by atoms with Gasteiger partial charge in [0, 0.05) is 61.8 Å². The molecule has 32 heavy (non-hydrogen) atoms. The topological polar surface area (TPSA) is 85.3 Å². The number of aryl methyl sites for hydroxylation is 1. The van der Waals surface area contributed by atoms with Crippen LogP contribution in [0.15, 0.2) is 58.4 Å². The standard InChI is InChI=1S/C25H28N4O3/c30-14-13-28-9-11-29(12-10-28)17-21-16-23(18-5-7-26-8-6-18)25(32-21)20-1-3-22-19(15-20)2-4-24(22)27-31/h1,3,5-8,15-16,30-31H,2,4,9-14,17H2. The molecule has 1 saturated heterocycles. The van der Waals surface area contributed by atoms with Crippen LogP contribution in [0.25, 0.3) is 22.5 Å². The van der Waals surface area contributed by atoms with Crippen LogP contribution in [0.3, 0.4) is 0 Å². The van der Waals surface area contributed by atoms with Gasteiger partial charge in [-0.15, -0.1) is 0 Å². The zero-order chi connectivity index (χ0) is 21.9. The van der Waals surface area contributed by atoms with Crippen molar-refractivity contribution in [3.8, 4) is 22.5 Å². The van der Waals surface area contributed by atoms with Crippen molar-refractivity contribution in [3.63, 3.8) is 0 Å². The van der Waals surface area contributed by atoms with Crippen LogP contribution in [-0.2, 0) is 13.0 Å². The molecule has 0 unspecified atom stereocenters. The van der Waals surface area contributed by atoms with Gasteiger partial charge in [-0.05, 0) is 48.2 Å². The quantitative estimate of drug-likeness (QED) is 0.460. The van der Waals surface area contributed by atoms with E-state index >= 15 is 0 Å². The summed E-state index contributed by atoms with van der Waals surface area (Å²) in [6.45, 7) is 5.56. The molecule has 5 rings (SSSR count). The number of hydrogen-bond acceptors (Lipinski definition) is 7. The molecule has 0 bridgehead atoms. The molecule has 3 heterocycles. The number of aliphatic hydroxyl groups excluding tert-OH is 1. The number of furan rings is 1. The summed E-state index contributed by atoms with van der Waals surface area (Å²) in [5.41, 5.74) is 6.14. The Balaban J connectivity index is 1.44. The predicted molar refractivity (Wildman–Crippen MR) is 123 cm³/mol. The van der Waals surface area contributed by atoms with Crippen molar-refractivity contribution in [2.45, 2.75) is 19.4 Å². The Labute approximate surface area is 187 Å². The van der Waals surface area contributed by atoms with Crippen molar-refractivity contribution >= 4 is 5.71 Å². The number of piperazine rings is 1. The summed E-state index contributed by atoms with van der Waals surface area (Å²) in [6, 6.07) is 12.4. The van der Waals surface area contributed by atoms with E-state index in [1.54, 1.807) is 12.4 Å². The van der Waals surface area contributed by atoms with Crippen LogP contribution in [0.4, 0.5) is 0 Å². The van der Waals surface area contributed by atoms with Gasteiger partial charge in [-0.25, -0.2) is 0 Å². The Morgan fingerprint density at radius 2 is 1.69 bits per heavy atom. The third-order valence-electron chi connectivity index (χ3n) is 6.47. The van der Waals surface area contributed by atoms with E-state index in [9.17, 15) is 5.21 Å². The molecule has 7 nitrogen and oxygen atoms in total. The SMILES string of the molecule is OCCN1CCN(Cc2cc(-c3ccncc3)c(-c3ccc4c(c3)CCC4=NO)o2)CC1. The molecule has 1 aromatic carbocycles. The van der Waals surface area contributed by atoms with E-state index in [1.807, 2.05) is 18.2 Å². The van der Waals surface area contributed by atoms with Gasteiger partial charge >= 0.3 is 0 Å². The second kappa shape index (κ2) is 9.24. The van der Waals surface area contributed by atoms with Crippen LogP contribution in [0.5, 0.6) is 0 Å². The largest absolute Gasteiger partial charge is 0.459 e. The van der Waals surface area contributed by atoms with E-state index < -0.39 is 0 Å². The highest BCUT2D eigenvalue weighted by molar-refractivity contribution is 6.04. The zero-order valence-corrected chi connectivity index (χ0v) is 18.1. The minimum absolute atomic E-state index is 0.212. The average Bonchev–Trinajstić information content (AvgIpc) is 3.44. The number of oxime groups is 1. The molecule has 0 saturated carbocycles. The maximum Gasteiger partial charge on any atom is 0.142 e. The summed E-state index contributed by atoms with van der Waals surface area (Å²) < 4.78 is 6.45. The van der Waals surface area contributed by atoms with E-state index in [2.05, 4.69) is 38.1 Å². The first kappa shape index (κ1) is 20.9. The van der Waals surface area contributed by atoms with Crippen LogP contribution in [0.2, 0.25) is 0 Å². The minimum atomic E-state index is 0.212. The molecular formula is C25H28N4O3. The van der Waals surface area contributed by atoms with Gasteiger partial charge in [-0.1, -0.05) is 17.3 Å². The summed E-state index contributed by atoms with van der Waals surface area (Å²) in [6.07, 6.45) is 5.24. The Kier molecular flexibility index (Phi) is 6.03. The molecule has 3 aromatic rings. The molecule has 2 aliphatic rings. The molecule has 1 aliphatic heterocycles. The van der Waals surface area contributed by atoms with Gasteiger partial charge in [0.25, 0.3) is 0 Å². The number of rotatable bonds is 6. The Bertz CT molecular complexity index is 1100. The van der Waals surface area contributed by atoms with Crippen LogP contribution in [-0.4, -0.2) is 70.1 Å². The second-order valence-corrected chi connectivity index (χ2v) is 8.45. The highest BCUT2D eigenvalue weighted by atomic mass is 16.4. The van der Waals surface area contributed by atoms with Crippen molar-refractivity contribution in [3.05, 3.63) is 65.7 Å². The van der Waals surface area contributed by atoms with Crippen molar-refractivity contribution < 1.29 is 14.7 Å². The van der Waals surface area contributed by atoms with Gasteiger partial charge in [-0.3, -0.25) is 14.8 Å². The summed E-state index contributed by atoms with van der Waals surface area (Å²) >= 11 is 0. The van der Waals surface area contributed by atoms with Crippen LogP contribution < -0.4 is 0 Å². The Morgan fingerprint density at radius 3 is 2.44 bits per heavy atom. The molecule has 7 heteroatoms. The first-order chi connectivity index (χ1) is 15.7. The summed E-state index contributed by atoms with van der Waals surface area (Å²) in [5.74, 6) is 1.81. The van der Waals surface area contributed by atoms with Gasteiger partial charge in [0.2, 0.25) is 0 Å². The van der Waals surface area contributed by atoms with Crippen molar-refractivity contribution in [2.75, 3.05) is 39.3 Å². The van der Waals surface area contributed by atoms with Gasteiger partial charge in [0.1, 0.15) is 11.5 Å². The van der Waals surface area contributed by atoms with Crippen LogP contribution >= 0.6 is 0 Å². The monoisotopic (exact) mass is 432 g/mol. The highest BCUT2D eigenvalue weighted by Gasteiger charge is 2.23. The van der Waals surface area contributed by atoms with Crippen molar-refractivity contribution in [1.82, 2.24) is 14.8 Å². The number of fused-ring (bicyclic) bond motifs is 1. The normalized spacial score (nSPS) is 18.3. The lowest BCUT2D eigenvalue weighted by Crippen LogP contribution is -2.46. The maximum absolute atomic E-state index is 9.24. The van der Waals surface area contributed by atoms with E-state index in [4.69, 9.17) is 9.52 Å². The number of hydrogen-bond donors (Lipinski definition) is 2. The summed E-state index contributed by atoms with van der Waals surface area (Å²) in [5, 5.41) is 21.8. The number of aliphatic hydroxyl groups is 1. The van der Waals surface area contributed by atoms with Gasteiger partial charge in [0.15, 0.2) is 0 Å². The third-order valence-corrected chi connectivity index (χ3v) is 6.47. The Morgan fingerprint density at radius 1 is 0.906 bits per heavy atom. The third kappa shape index (κ3) is 4.19. The fourth-order valence-electron chi connectivity index (χ4n) is 4.73. The fourth-order valence-corrected chi connectivity index (χ4v) is 4.73. The van der Waals surface area contributed by atoms with Crippen LogP contribution in [0, 0.1) is 0 Å². The fraction of sp³-hybridized carbons (Fsp3) is 0.360. The first-order valence-electron chi connectivity index (χ1n) is 11.2. The van der Waals surface area contributed by atoms with Crippen LogP contribution in [0.1, 0.15) is 23.3 Å². The van der Waals surface area contributed by atoms with E-state index in [1.165, 1.54) is 5.56 Å². The van der Waals surface area contributed by atoms with Gasteiger partial charge in [-0.2, -0.15) is 0 Å². The molecule has 0 amide bonds. The average molecular weight is 433 g/mol. The molecule has 1 aliphatic carbocycles. The molecule has 0 atom stereocenters. The summed E-state index contributed by atoms with van der Waals surface area (Å²) in [7, 11) is 0. The van der Waals surface area contributed by atoms with E-state index in [0.717, 1.165) is 91.6 Å². The Hall–Kier alpha value is -3.00. The minimum Gasteiger partial charge on any atom is -0.459 e. The zero-order valence-electron chi connectivity index (χ0n) is 18.1. The number of nitrogens with zero attached hydrogens (tertiary/aromatic N) is 4. The molecule has 2 aromatic heterocycles. The number of aromatic nitrogens is 1. The van der Waals surface area contributed by atoms with Gasteiger partial charge in [0.05, 0.1) is 18.9 Å². The van der Waals surface area contributed by atoms with Crippen molar-refractivity contribution in [2.24, 2.45) is 5.16 Å². The predicted octanol–water partition coefficient (Wildman–Crippen LogP) is 3.24. The molecule has 0 radical (unpaired) electrons. The molecule has 166 valence electrons. The lowest BCUT2D eigenvalue weighted by molar-refractivity contribution is 0.104.